The lowest BCUT2D eigenvalue weighted by molar-refractivity contribution is -0.0337. The summed E-state index contributed by atoms with van der Waals surface area (Å²) in [6, 6.07) is 1.66. The van der Waals surface area contributed by atoms with Gasteiger partial charge in [0.05, 0.1) is 0 Å². The van der Waals surface area contributed by atoms with Crippen LogP contribution in [0.5, 0.6) is 0 Å². The molecule has 0 amide bonds. The van der Waals surface area contributed by atoms with Crippen molar-refractivity contribution in [2.45, 2.75) is 32.4 Å². The highest BCUT2D eigenvalue weighted by Gasteiger charge is 2.40. The molecule has 2 aliphatic rings. The van der Waals surface area contributed by atoms with Crippen LogP contribution < -0.4 is 0 Å². The first-order valence-corrected chi connectivity index (χ1v) is 5.13. The molecule has 2 atom stereocenters. The first kappa shape index (κ1) is 8.52. The molecular weight excluding hydrogens is 148 g/mol. The van der Waals surface area contributed by atoms with Crippen molar-refractivity contribution in [3.63, 3.8) is 0 Å². The molecule has 0 aromatic rings. The Morgan fingerprint density at radius 1 is 1.25 bits per heavy atom. The minimum absolute atomic E-state index is 0.747. The van der Waals surface area contributed by atoms with Gasteiger partial charge in [-0.05, 0) is 39.8 Å². The van der Waals surface area contributed by atoms with E-state index in [1.54, 1.807) is 0 Å². The Kier molecular flexibility index (Phi) is 2.13. The standard InChI is InChI=1S/C10H20N2/c1-8(2)12-5-4-10-9(7-12)6-11(10)3/h8-10H,4-7H2,1-3H3. The molecule has 0 N–H and O–H groups in total. The fraction of sp³-hybridized carbons (Fsp3) is 1.00. The van der Waals surface area contributed by atoms with Gasteiger partial charge in [0.15, 0.2) is 0 Å². The molecule has 2 rings (SSSR count). The maximum atomic E-state index is 2.62. The van der Waals surface area contributed by atoms with E-state index in [-0.39, 0.29) is 0 Å². The van der Waals surface area contributed by atoms with Gasteiger partial charge >= 0.3 is 0 Å². The van der Waals surface area contributed by atoms with Gasteiger partial charge in [-0.25, -0.2) is 0 Å². The van der Waals surface area contributed by atoms with Gasteiger partial charge in [-0.15, -0.1) is 0 Å². The van der Waals surface area contributed by atoms with Crippen LogP contribution in [0, 0.1) is 5.92 Å². The van der Waals surface area contributed by atoms with Gasteiger partial charge in [0.25, 0.3) is 0 Å². The number of rotatable bonds is 1. The average Bonchev–Trinajstić information content (AvgIpc) is 2.01. The summed E-state index contributed by atoms with van der Waals surface area (Å²) in [6.45, 7) is 8.59. The molecule has 0 saturated carbocycles. The van der Waals surface area contributed by atoms with E-state index in [9.17, 15) is 0 Å². The molecule has 2 nitrogen and oxygen atoms in total. The van der Waals surface area contributed by atoms with Crippen molar-refractivity contribution < 1.29 is 0 Å². The fourth-order valence-corrected chi connectivity index (χ4v) is 2.64. The molecule has 70 valence electrons. The van der Waals surface area contributed by atoms with Crippen LogP contribution in [0.4, 0.5) is 0 Å². The van der Waals surface area contributed by atoms with Crippen LogP contribution >= 0.6 is 0 Å². The zero-order valence-electron chi connectivity index (χ0n) is 8.45. The molecule has 0 spiro atoms. The summed E-state index contributed by atoms with van der Waals surface area (Å²) in [4.78, 5) is 5.12. The van der Waals surface area contributed by atoms with Crippen molar-refractivity contribution in [1.29, 1.82) is 0 Å². The van der Waals surface area contributed by atoms with Crippen LogP contribution in [0.2, 0.25) is 0 Å². The van der Waals surface area contributed by atoms with E-state index in [0.717, 1.165) is 18.0 Å². The van der Waals surface area contributed by atoms with Crippen LogP contribution in [0.1, 0.15) is 20.3 Å². The second-order valence-electron chi connectivity index (χ2n) is 4.64. The van der Waals surface area contributed by atoms with Gasteiger partial charge in [0.2, 0.25) is 0 Å². The number of hydrogen-bond acceptors (Lipinski definition) is 2. The van der Waals surface area contributed by atoms with Crippen LogP contribution in [-0.4, -0.2) is 48.6 Å². The summed E-state index contributed by atoms with van der Waals surface area (Å²) in [5, 5.41) is 0. The summed E-state index contributed by atoms with van der Waals surface area (Å²) in [6.07, 6.45) is 1.39. The molecule has 2 fully saturated rings. The highest BCUT2D eigenvalue weighted by molar-refractivity contribution is 4.95. The van der Waals surface area contributed by atoms with E-state index in [0.29, 0.717) is 0 Å². The first-order valence-electron chi connectivity index (χ1n) is 5.13. The monoisotopic (exact) mass is 168 g/mol. The molecule has 12 heavy (non-hydrogen) atoms. The Balaban J connectivity index is 1.88. The van der Waals surface area contributed by atoms with Crippen molar-refractivity contribution in [3.05, 3.63) is 0 Å². The third-order valence-electron chi connectivity index (χ3n) is 3.54. The Labute approximate surface area is 75.5 Å². The maximum Gasteiger partial charge on any atom is 0.0157 e. The van der Waals surface area contributed by atoms with Crippen molar-refractivity contribution in [2.75, 3.05) is 26.7 Å². The maximum absolute atomic E-state index is 2.62. The Hall–Kier alpha value is -0.0800. The summed E-state index contributed by atoms with van der Waals surface area (Å²) < 4.78 is 0. The Morgan fingerprint density at radius 2 is 2.00 bits per heavy atom. The molecule has 2 unspecified atom stereocenters. The molecule has 0 radical (unpaired) electrons. The Morgan fingerprint density at radius 3 is 2.50 bits per heavy atom. The van der Waals surface area contributed by atoms with Crippen LogP contribution in [0.15, 0.2) is 0 Å². The molecule has 2 saturated heterocycles. The number of nitrogens with zero attached hydrogens (tertiary/aromatic N) is 2. The topological polar surface area (TPSA) is 6.48 Å². The fourth-order valence-electron chi connectivity index (χ4n) is 2.64. The third-order valence-corrected chi connectivity index (χ3v) is 3.54. The van der Waals surface area contributed by atoms with E-state index >= 15 is 0 Å². The van der Waals surface area contributed by atoms with Crippen LogP contribution in [0.25, 0.3) is 0 Å². The van der Waals surface area contributed by atoms with Crippen LogP contribution in [-0.2, 0) is 0 Å². The SMILES string of the molecule is CC(C)N1CCC2C(CN2C)C1. The summed E-state index contributed by atoms with van der Waals surface area (Å²) in [5.41, 5.74) is 0. The minimum atomic E-state index is 0.747. The number of piperidine rings is 1. The highest BCUT2D eigenvalue weighted by Crippen LogP contribution is 2.31. The lowest BCUT2D eigenvalue weighted by Crippen LogP contribution is -2.62. The van der Waals surface area contributed by atoms with Gasteiger partial charge < -0.3 is 9.80 Å². The molecule has 0 aliphatic carbocycles. The predicted molar refractivity (Wildman–Crippen MR) is 51.2 cm³/mol. The zero-order valence-corrected chi connectivity index (χ0v) is 8.45. The van der Waals surface area contributed by atoms with Gasteiger partial charge in [-0.1, -0.05) is 0 Å². The van der Waals surface area contributed by atoms with E-state index < -0.39 is 0 Å². The first-order chi connectivity index (χ1) is 5.68. The van der Waals surface area contributed by atoms with Crippen molar-refractivity contribution in [2.24, 2.45) is 5.92 Å². The smallest absolute Gasteiger partial charge is 0.0157 e. The summed E-state index contributed by atoms with van der Waals surface area (Å²) in [7, 11) is 2.26. The molecule has 2 heterocycles. The van der Waals surface area contributed by atoms with E-state index in [1.165, 1.54) is 26.1 Å². The number of fused-ring (bicyclic) bond motifs is 1. The van der Waals surface area contributed by atoms with Gasteiger partial charge in [0, 0.05) is 25.2 Å². The minimum Gasteiger partial charge on any atom is -0.303 e. The second kappa shape index (κ2) is 3.00. The number of likely N-dealkylation sites (tertiary alicyclic amines) is 2. The van der Waals surface area contributed by atoms with Crippen molar-refractivity contribution in [1.82, 2.24) is 9.80 Å². The van der Waals surface area contributed by atoms with E-state index in [2.05, 4.69) is 30.7 Å². The normalized spacial score (nSPS) is 38.0. The van der Waals surface area contributed by atoms with Gasteiger partial charge in [0.1, 0.15) is 0 Å². The molecule has 0 aromatic heterocycles. The zero-order chi connectivity index (χ0) is 8.72. The van der Waals surface area contributed by atoms with Crippen LogP contribution in [0.3, 0.4) is 0 Å². The highest BCUT2D eigenvalue weighted by atomic mass is 15.3. The molecular formula is C10H20N2. The molecule has 2 aliphatic heterocycles. The number of hydrogen-bond donors (Lipinski definition) is 0. The molecule has 0 bridgehead atoms. The quantitative estimate of drug-likeness (QED) is 0.577. The van der Waals surface area contributed by atoms with Crippen molar-refractivity contribution >= 4 is 0 Å². The Bertz CT molecular complexity index is 167. The molecule has 2 heteroatoms. The van der Waals surface area contributed by atoms with E-state index in [1.807, 2.05) is 0 Å². The lowest BCUT2D eigenvalue weighted by Gasteiger charge is -2.52. The largest absolute Gasteiger partial charge is 0.303 e. The third kappa shape index (κ3) is 1.27. The van der Waals surface area contributed by atoms with E-state index in [4.69, 9.17) is 0 Å². The van der Waals surface area contributed by atoms with Gasteiger partial charge in [-0.3, -0.25) is 0 Å². The average molecular weight is 168 g/mol. The summed E-state index contributed by atoms with van der Waals surface area (Å²) >= 11 is 0. The summed E-state index contributed by atoms with van der Waals surface area (Å²) in [5.74, 6) is 0.978. The van der Waals surface area contributed by atoms with Gasteiger partial charge in [-0.2, -0.15) is 0 Å². The second-order valence-corrected chi connectivity index (χ2v) is 4.64. The lowest BCUT2D eigenvalue weighted by atomic mass is 9.83. The van der Waals surface area contributed by atoms with Crippen molar-refractivity contribution in [3.8, 4) is 0 Å². The predicted octanol–water partition coefficient (Wildman–Crippen LogP) is 1.03. The molecule has 0 aromatic carbocycles.